The minimum absolute atomic E-state index is 0.623. The number of aryl methyl sites for hydroxylation is 1. The van der Waals surface area contributed by atoms with Crippen LogP contribution in [-0.2, 0) is 13.0 Å². The number of hydrogen-bond acceptors (Lipinski definition) is 6. The first kappa shape index (κ1) is 12.4. The predicted molar refractivity (Wildman–Crippen MR) is 72.6 cm³/mol. The van der Waals surface area contributed by atoms with Crippen LogP contribution in [0.15, 0.2) is 5.38 Å². The molecule has 0 bridgehead atoms. The van der Waals surface area contributed by atoms with Crippen LogP contribution < -0.4 is 5.32 Å². The van der Waals surface area contributed by atoms with E-state index in [2.05, 4.69) is 39.7 Å². The zero-order valence-electron chi connectivity index (χ0n) is 10.2. The molecule has 17 heavy (non-hydrogen) atoms. The van der Waals surface area contributed by atoms with Crippen molar-refractivity contribution < 1.29 is 0 Å². The first-order valence-corrected chi connectivity index (χ1v) is 7.30. The van der Waals surface area contributed by atoms with Crippen molar-refractivity contribution >= 4 is 27.8 Å². The number of nitrogens with one attached hydrogen (secondary N) is 1. The Balaban J connectivity index is 1.89. The third kappa shape index (κ3) is 3.74. The average Bonchev–Trinajstić information content (AvgIpc) is 2.84. The number of anilines is 1. The van der Waals surface area contributed by atoms with Gasteiger partial charge < -0.3 is 5.32 Å². The molecule has 2 aromatic heterocycles. The molecule has 0 atom stereocenters. The van der Waals surface area contributed by atoms with E-state index in [1.54, 1.807) is 22.7 Å². The minimum atomic E-state index is 0.623. The normalized spacial score (nSPS) is 11.1. The topological polar surface area (TPSA) is 50.7 Å². The lowest BCUT2D eigenvalue weighted by molar-refractivity contribution is 0.640. The van der Waals surface area contributed by atoms with Crippen LogP contribution in [0.5, 0.6) is 0 Å². The molecule has 0 saturated carbocycles. The van der Waals surface area contributed by atoms with Crippen LogP contribution in [-0.4, -0.2) is 15.2 Å². The van der Waals surface area contributed by atoms with Crippen LogP contribution in [0.3, 0.4) is 0 Å². The molecule has 4 nitrogen and oxygen atoms in total. The fourth-order valence-electron chi connectivity index (χ4n) is 1.39. The molecule has 0 fully saturated rings. The molecule has 0 unspecified atom stereocenters. The van der Waals surface area contributed by atoms with Crippen LogP contribution in [0.2, 0.25) is 0 Å². The Morgan fingerprint density at radius 2 is 2.12 bits per heavy atom. The maximum atomic E-state index is 4.39. The summed E-state index contributed by atoms with van der Waals surface area (Å²) in [6.45, 7) is 7.11. The highest BCUT2D eigenvalue weighted by atomic mass is 32.1. The molecule has 0 aromatic carbocycles. The Morgan fingerprint density at radius 3 is 2.76 bits per heavy atom. The summed E-state index contributed by atoms with van der Waals surface area (Å²) in [6, 6.07) is 0. The van der Waals surface area contributed by atoms with Crippen molar-refractivity contribution in [2.45, 2.75) is 33.7 Å². The lowest BCUT2D eigenvalue weighted by Crippen LogP contribution is -1.98. The SMILES string of the molecule is Cc1csc(CNc2nnc(CC(C)C)s2)n1. The van der Waals surface area contributed by atoms with E-state index >= 15 is 0 Å². The van der Waals surface area contributed by atoms with Gasteiger partial charge in [0, 0.05) is 17.5 Å². The first-order chi connectivity index (χ1) is 8.13. The third-order valence-electron chi connectivity index (χ3n) is 2.11. The molecule has 92 valence electrons. The van der Waals surface area contributed by atoms with Gasteiger partial charge in [-0.3, -0.25) is 0 Å². The maximum absolute atomic E-state index is 4.39. The van der Waals surface area contributed by atoms with Crippen LogP contribution in [0.25, 0.3) is 0 Å². The molecular formula is C11H16N4S2. The molecule has 0 saturated heterocycles. The molecule has 1 N–H and O–H groups in total. The number of thiazole rings is 1. The summed E-state index contributed by atoms with van der Waals surface area (Å²) >= 11 is 3.30. The van der Waals surface area contributed by atoms with Gasteiger partial charge in [0.2, 0.25) is 5.13 Å². The summed E-state index contributed by atoms with van der Waals surface area (Å²) in [5.41, 5.74) is 1.07. The van der Waals surface area contributed by atoms with E-state index in [0.717, 1.165) is 33.8 Å². The van der Waals surface area contributed by atoms with Crippen LogP contribution >= 0.6 is 22.7 Å². The molecule has 0 spiro atoms. The maximum Gasteiger partial charge on any atom is 0.206 e. The van der Waals surface area contributed by atoms with Crippen LogP contribution in [0, 0.1) is 12.8 Å². The zero-order valence-corrected chi connectivity index (χ0v) is 11.9. The van der Waals surface area contributed by atoms with Gasteiger partial charge in [-0.2, -0.15) is 0 Å². The third-order valence-corrected chi connectivity index (χ3v) is 3.98. The summed E-state index contributed by atoms with van der Waals surface area (Å²) in [5, 5.41) is 16.7. The molecule has 0 aliphatic heterocycles. The van der Waals surface area contributed by atoms with Crippen molar-refractivity contribution in [3.8, 4) is 0 Å². The highest BCUT2D eigenvalue weighted by Crippen LogP contribution is 2.19. The summed E-state index contributed by atoms with van der Waals surface area (Å²) < 4.78 is 0. The van der Waals surface area contributed by atoms with Gasteiger partial charge in [-0.25, -0.2) is 4.98 Å². The quantitative estimate of drug-likeness (QED) is 0.905. The Morgan fingerprint density at radius 1 is 1.29 bits per heavy atom. The molecule has 0 radical (unpaired) electrons. The summed E-state index contributed by atoms with van der Waals surface area (Å²) in [6.07, 6.45) is 0.996. The second-order valence-electron chi connectivity index (χ2n) is 4.34. The lowest BCUT2D eigenvalue weighted by Gasteiger charge is -1.98. The molecule has 2 heterocycles. The fraction of sp³-hybridized carbons (Fsp3) is 0.545. The number of rotatable bonds is 5. The van der Waals surface area contributed by atoms with E-state index in [1.807, 2.05) is 6.92 Å². The number of aromatic nitrogens is 3. The molecule has 0 amide bonds. The van der Waals surface area contributed by atoms with Gasteiger partial charge in [-0.1, -0.05) is 25.2 Å². The van der Waals surface area contributed by atoms with Gasteiger partial charge >= 0.3 is 0 Å². The van der Waals surface area contributed by atoms with E-state index < -0.39 is 0 Å². The van der Waals surface area contributed by atoms with Crippen molar-refractivity contribution in [2.24, 2.45) is 5.92 Å². The van der Waals surface area contributed by atoms with Crippen LogP contribution in [0.1, 0.15) is 29.6 Å². The van der Waals surface area contributed by atoms with Crippen molar-refractivity contribution in [3.63, 3.8) is 0 Å². The van der Waals surface area contributed by atoms with Gasteiger partial charge in [0.1, 0.15) is 10.0 Å². The second kappa shape index (κ2) is 5.55. The highest BCUT2D eigenvalue weighted by Gasteiger charge is 2.06. The lowest BCUT2D eigenvalue weighted by atomic mass is 10.1. The Kier molecular flexibility index (Phi) is 4.06. The Labute approximate surface area is 109 Å². The van der Waals surface area contributed by atoms with Gasteiger partial charge in [-0.05, 0) is 12.8 Å². The summed E-state index contributed by atoms with van der Waals surface area (Å²) in [5.74, 6) is 0.623. The van der Waals surface area contributed by atoms with Gasteiger partial charge in [-0.15, -0.1) is 21.5 Å². The molecule has 2 rings (SSSR count). The van der Waals surface area contributed by atoms with E-state index in [0.29, 0.717) is 5.92 Å². The highest BCUT2D eigenvalue weighted by molar-refractivity contribution is 7.15. The van der Waals surface area contributed by atoms with Crippen molar-refractivity contribution in [1.82, 2.24) is 15.2 Å². The van der Waals surface area contributed by atoms with E-state index in [-0.39, 0.29) is 0 Å². The van der Waals surface area contributed by atoms with Gasteiger partial charge in [0.05, 0.1) is 6.54 Å². The van der Waals surface area contributed by atoms with Crippen molar-refractivity contribution in [2.75, 3.05) is 5.32 Å². The van der Waals surface area contributed by atoms with Crippen molar-refractivity contribution in [1.29, 1.82) is 0 Å². The number of nitrogens with zero attached hydrogens (tertiary/aromatic N) is 3. The summed E-state index contributed by atoms with van der Waals surface area (Å²) in [4.78, 5) is 4.39. The standard InChI is InChI=1S/C11H16N4S2/c1-7(2)4-9-14-15-11(17-9)12-5-10-13-8(3)6-16-10/h6-7H,4-5H2,1-3H3,(H,12,15). The predicted octanol–water partition coefficient (Wildman–Crippen LogP) is 3.11. The van der Waals surface area contributed by atoms with Gasteiger partial charge in [0.25, 0.3) is 0 Å². The molecule has 2 aromatic rings. The van der Waals surface area contributed by atoms with Gasteiger partial charge in [0.15, 0.2) is 0 Å². The van der Waals surface area contributed by atoms with Crippen LogP contribution in [0.4, 0.5) is 5.13 Å². The summed E-state index contributed by atoms with van der Waals surface area (Å²) in [7, 11) is 0. The monoisotopic (exact) mass is 268 g/mol. The van der Waals surface area contributed by atoms with E-state index in [9.17, 15) is 0 Å². The van der Waals surface area contributed by atoms with E-state index in [1.165, 1.54) is 0 Å². The molecule has 0 aliphatic carbocycles. The second-order valence-corrected chi connectivity index (χ2v) is 6.34. The number of hydrogen-bond donors (Lipinski definition) is 1. The Hall–Kier alpha value is -1.01. The minimum Gasteiger partial charge on any atom is -0.354 e. The Bertz CT molecular complexity index is 475. The van der Waals surface area contributed by atoms with Crippen molar-refractivity contribution in [3.05, 3.63) is 21.1 Å². The fourth-order valence-corrected chi connectivity index (χ4v) is 3.05. The molecule has 0 aliphatic rings. The largest absolute Gasteiger partial charge is 0.354 e. The molecule has 6 heteroatoms. The smallest absolute Gasteiger partial charge is 0.206 e. The van der Waals surface area contributed by atoms with E-state index in [4.69, 9.17) is 0 Å². The average molecular weight is 268 g/mol. The zero-order chi connectivity index (χ0) is 12.3. The first-order valence-electron chi connectivity index (χ1n) is 5.60. The molecular weight excluding hydrogens is 252 g/mol.